The topological polar surface area (TPSA) is 23.3 Å². The van der Waals surface area contributed by atoms with E-state index >= 15 is 0 Å². The van der Waals surface area contributed by atoms with Crippen LogP contribution in [0.5, 0.6) is 0 Å². The summed E-state index contributed by atoms with van der Waals surface area (Å²) in [6.07, 6.45) is 0. The summed E-state index contributed by atoms with van der Waals surface area (Å²) in [7, 11) is 0. The van der Waals surface area contributed by atoms with E-state index < -0.39 is 0 Å². The molecule has 0 amide bonds. The zero-order chi connectivity index (χ0) is 9.03. The maximum Gasteiger partial charge on any atom is 0.0905 e. The highest BCUT2D eigenvalue weighted by Gasteiger charge is 2.11. The molecule has 65 valence electrons. The summed E-state index contributed by atoms with van der Waals surface area (Å²) >= 11 is 0. The molecule has 0 aliphatic rings. The first-order valence-electron chi connectivity index (χ1n) is 4.02. The molecule has 1 aromatic carbocycles. The highest BCUT2D eigenvalue weighted by Crippen LogP contribution is 2.11. The first kappa shape index (κ1) is 9.07. The van der Waals surface area contributed by atoms with Gasteiger partial charge < -0.3 is 0 Å². The Morgan fingerprint density at radius 2 is 1.67 bits per heavy atom. The summed E-state index contributed by atoms with van der Waals surface area (Å²) in [6.45, 7) is 5.92. The standard InChI is InChI=1S/C10H14NO/c1-10(2,3)12-11-9-7-5-4-6-8-9/h4-8H,1-3H3. The lowest BCUT2D eigenvalue weighted by Crippen LogP contribution is -2.22. The van der Waals surface area contributed by atoms with Gasteiger partial charge in [-0.15, -0.1) is 5.48 Å². The lowest BCUT2D eigenvalue weighted by molar-refractivity contribution is -0.0545. The maximum absolute atomic E-state index is 5.24. The van der Waals surface area contributed by atoms with Crippen molar-refractivity contribution in [2.75, 3.05) is 0 Å². The largest absolute Gasteiger partial charge is 0.246 e. The summed E-state index contributed by atoms with van der Waals surface area (Å²) in [5.74, 6) is 0. The molecule has 0 atom stereocenters. The number of benzene rings is 1. The molecule has 0 spiro atoms. The Morgan fingerprint density at radius 3 is 2.17 bits per heavy atom. The molecular weight excluding hydrogens is 150 g/mol. The average molecular weight is 164 g/mol. The van der Waals surface area contributed by atoms with Gasteiger partial charge in [0.15, 0.2) is 0 Å². The zero-order valence-electron chi connectivity index (χ0n) is 7.74. The van der Waals surface area contributed by atoms with Crippen LogP contribution in [-0.2, 0) is 4.84 Å². The number of nitrogens with zero attached hydrogens (tertiary/aromatic N) is 1. The van der Waals surface area contributed by atoms with Gasteiger partial charge in [0.05, 0.1) is 11.3 Å². The lowest BCUT2D eigenvalue weighted by Gasteiger charge is -2.16. The van der Waals surface area contributed by atoms with Crippen LogP contribution >= 0.6 is 0 Å². The average Bonchev–Trinajstić information content (AvgIpc) is 2.02. The molecule has 0 aliphatic heterocycles. The Hall–Kier alpha value is -1.02. The van der Waals surface area contributed by atoms with Crippen LogP contribution in [0.15, 0.2) is 30.3 Å². The van der Waals surface area contributed by atoms with Crippen LogP contribution in [0.4, 0.5) is 5.69 Å². The Balaban J connectivity index is 2.44. The van der Waals surface area contributed by atoms with E-state index in [0.717, 1.165) is 5.69 Å². The molecule has 1 aromatic rings. The molecule has 1 radical (unpaired) electrons. The Morgan fingerprint density at radius 1 is 1.08 bits per heavy atom. The fraction of sp³-hybridized carbons (Fsp3) is 0.400. The Bertz CT molecular complexity index is 225. The smallest absolute Gasteiger partial charge is 0.0905 e. The predicted octanol–water partition coefficient (Wildman–Crippen LogP) is 2.65. The second-order valence-corrected chi connectivity index (χ2v) is 3.63. The molecule has 12 heavy (non-hydrogen) atoms. The van der Waals surface area contributed by atoms with Gasteiger partial charge in [-0.3, -0.25) is 0 Å². The van der Waals surface area contributed by atoms with Crippen molar-refractivity contribution < 1.29 is 4.84 Å². The summed E-state index contributed by atoms with van der Waals surface area (Å²) in [5.41, 5.74) is 4.62. The van der Waals surface area contributed by atoms with E-state index in [1.165, 1.54) is 0 Å². The molecule has 0 aromatic heterocycles. The van der Waals surface area contributed by atoms with Crippen molar-refractivity contribution in [1.82, 2.24) is 5.48 Å². The van der Waals surface area contributed by atoms with E-state index in [-0.39, 0.29) is 5.60 Å². The van der Waals surface area contributed by atoms with Gasteiger partial charge in [-0.2, -0.15) is 0 Å². The molecule has 0 aliphatic carbocycles. The van der Waals surface area contributed by atoms with Crippen molar-refractivity contribution in [2.24, 2.45) is 0 Å². The summed E-state index contributed by atoms with van der Waals surface area (Å²) in [4.78, 5) is 5.24. The minimum absolute atomic E-state index is 0.212. The van der Waals surface area contributed by atoms with Crippen LogP contribution in [0.3, 0.4) is 0 Å². The van der Waals surface area contributed by atoms with Gasteiger partial charge in [0, 0.05) is 0 Å². The van der Waals surface area contributed by atoms with Gasteiger partial charge in [-0.25, -0.2) is 4.84 Å². The molecule has 0 heterocycles. The van der Waals surface area contributed by atoms with Crippen LogP contribution in [0.1, 0.15) is 20.8 Å². The third kappa shape index (κ3) is 3.39. The summed E-state index contributed by atoms with van der Waals surface area (Å²) < 4.78 is 0. The second-order valence-electron chi connectivity index (χ2n) is 3.63. The van der Waals surface area contributed by atoms with E-state index in [9.17, 15) is 0 Å². The highest BCUT2D eigenvalue weighted by atomic mass is 16.7. The third-order valence-electron chi connectivity index (χ3n) is 1.18. The normalized spacial score (nSPS) is 11.2. The van der Waals surface area contributed by atoms with Gasteiger partial charge in [0.1, 0.15) is 0 Å². The predicted molar refractivity (Wildman–Crippen MR) is 49.1 cm³/mol. The van der Waals surface area contributed by atoms with Gasteiger partial charge in [-0.1, -0.05) is 18.2 Å². The van der Waals surface area contributed by atoms with Crippen molar-refractivity contribution in [3.05, 3.63) is 30.3 Å². The molecule has 2 heteroatoms. The molecule has 0 saturated carbocycles. The van der Waals surface area contributed by atoms with Crippen LogP contribution < -0.4 is 5.48 Å². The summed E-state index contributed by atoms with van der Waals surface area (Å²) in [5, 5.41) is 0. The van der Waals surface area contributed by atoms with Gasteiger partial charge in [0.2, 0.25) is 0 Å². The Kier molecular flexibility index (Phi) is 2.71. The molecule has 0 saturated heterocycles. The van der Waals surface area contributed by atoms with E-state index in [1.807, 2.05) is 51.1 Å². The number of hydrogen-bond acceptors (Lipinski definition) is 1. The molecule has 0 unspecified atom stereocenters. The van der Waals surface area contributed by atoms with Crippen molar-refractivity contribution in [1.29, 1.82) is 0 Å². The maximum atomic E-state index is 5.24. The molecule has 1 rings (SSSR count). The number of rotatable bonds is 2. The van der Waals surface area contributed by atoms with E-state index in [1.54, 1.807) is 0 Å². The first-order valence-corrected chi connectivity index (χ1v) is 4.02. The summed E-state index contributed by atoms with van der Waals surface area (Å²) in [6, 6.07) is 9.64. The fourth-order valence-electron chi connectivity index (χ4n) is 0.678. The molecule has 2 nitrogen and oxygen atoms in total. The van der Waals surface area contributed by atoms with Crippen LogP contribution in [-0.4, -0.2) is 5.60 Å². The first-order chi connectivity index (χ1) is 5.58. The number of hydrogen-bond donors (Lipinski definition) is 0. The van der Waals surface area contributed by atoms with E-state index in [4.69, 9.17) is 4.84 Å². The van der Waals surface area contributed by atoms with Gasteiger partial charge >= 0.3 is 0 Å². The van der Waals surface area contributed by atoms with Crippen molar-refractivity contribution in [2.45, 2.75) is 26.4 Å². The van der Waals surface area contributed by atoms with Crippen LogP contribution in [0.2, 0.25) is 0 Å². The lowest BCUT2D eigenvalue weighted by atomic mass is 10.2. The molecule has 0 fully saturated rings. The molecule has 0 N–H and O–H groups in total. The molecule has 0 bridgehead atoms. The van der Waals surface area contributed by atoms with Crippen LogP contribution in [0.25, 0.3) is 0 Å². The van der Waals surface area contributed by atoms with Crippen molar-refractivity contribution in [3.8, 4) is 0 Å². The van der Waals surface area contributed by atoms with Crippen LogP contribution in [0, 0.1) is 0 Å². The van der Waals surface area contributed by atoms with E-state index in [0.29, 0.717) is 0 Å². The minimum atomic E-state index is -0.212. The zero-order valence-corrected chi connectivity index (χ0v) is 7.74. The highest BCUT2D eigenvalue weighted by molar-refractivity contribution is 5.33. The van der Waals surface area contributed by atoms with Gasteiger partial charge in [-0.05, 0) is 32.9 Å². The van der Waals surface area contributed by atoms with Crippen molar-refractivity contribution in [3.63, 3.8) is 0 Å². The SMILES string of the molecule is CC(C)(C)O[N]c1ccccc1. The van der Waals surface area contributed by atoms with E-state index in [2.05, 4.69) is 5.48 Å². The third-order valence-corrected chi connectivity index (χ3v) is 1.18. The van der Waals surface area contributed by atoms with Gasteiger partial charge in [0.25, 0.3) is 0 Å². The quantitative estimate of drug-likeness (QED) is 0.616. The molecular formula is C10H14NO. The fourth-order valence-corrected chi connectivity index (χ4v) is 0.678. The Labute approximate surface area is 73.5 Å². The minimum Gasteiger partial charge on any atom is -0.246 e. The monoisotopic (exact) mass is 164 g/mol. The second kappa shape index (κ2) is 3.59. The van der Waals surface area contributed by atoms with Crippen molar-refractivity contribution >= 4 is 5.69 Å².